The van der Waals surface area contributed by atoms with E-state index in [2.05, 4.69) is 32.6 Å². The highest BCUT2D eigenvalue weighted by molar-refractivity contribution is 5.83. The van der Waals surface area contributed by atoms with Crippen LogP contribution in [-0.2, 0) is 5.41 Å². The number of carbonyl (C=O) groups is 1. The molecule has 0 aliphatic heterocycles. The van der Waals surface area contributed by atoms with Crippen molar-refractivity contribution in [3.8, 4) is 28.1 Å². The lowest BCUT2D eigenvalue weighted by atomic mass is 9.95. The Morgan fingerprint density at radius 2 is 1.72 bits per heavy atom. The van der Waals surface area contributed by atoms with Gasteiger partial charge in [-0.2, -0.15) is 9.61 Å². The van der Waals surface area contributed by atoms with E-state index in [1.165, 1.54) is 0 Å². The molecule has 1 amide bonds. The Morgan fingerprint density at radius 1 is 0.972 bits per heavy atom. The number of rotatable bonds is 6. The van der Waals surface area contributed by atoms with Crippen LogP contribution in [-0.4, -0.2) is 43.1 Å². The number of carboxylic acid groups (broad SMARTS) is 1. The van der Waals surface area contributed by atoms with Gasteiger partial charge in [0.05, 0.1) is 18.7 Å². The fourth-order valence-corrected chi connectivity index (χ4v) is 4.53. The number of anilines is 1. The molecule has 6 rings (SSSR count). The molecular weight excluding hydrogens is 456 g/mol. The van der Waals surface area contributed by atoms with E-state index in [0.29, 0.717) is 17.2 Å². The number of benzene rings is 3. The van der Waals surface area contributed by atoms with Crippen molar-refractivity contribution in [1.29, 1.82) is 0 Å². The minimum Gasteiger partial charge on any atom is -0.497 e. The molecule has 3 aromatic carbocycles. The van der Waals surface area contributed by atoms with Crippen LogP contribution in [0.3, 0.4) is 0 Å². The van der Waals surface area contributed by atoms with Gasteiger partial charge < -0.3 is 9.84 Å². The zero-order valence-corrected chi connectivity index (χ0v) is 19.4. The molecule has 5 aromatic rings. The average molecular weight is 479 g/mol. The van der Waals surface area contributed by atoms with E-state index >= 15 is 0 Å². The zero-order chi connectivity index (χ0) is 24.7. The Hall–Kier alpha value is -4.79. The first-order valence-corrected chi connectivity index (χ1v) is 11.5. The maximum absolute atomic E-state index is 10.9. The van der Waals surface area contributed by atoms with Gasteiger partial charge in [-0.3, -0.25) is 5.32 Å². The zero-order valence-electron chi connectivity index (χ0n) is 19.4. The van der Waals surface area contributed by atoms with Crippen LogP contribution in [0.4, 0.5) is 10.5 Å². The number of ether oxygens (including phenoxy) is 1. The summed E-state index contributed by atoms with van der Waals surface area (Å²) in [6, 6.07) is 23.3. The molecule has 2 heterocycles. The lowest BCUT2D eigenvalue weighted by Gasteiger charge is -2.14. The molecule has 1 aliphatic rings. The van der Waals surface area contributed by atoms with Crippen LogP contribution in [0, 0.1) is 0 Å². The molecule has 0 radical (unpaired) electrons. The van der Waals surface area contributed by atoms with Crippen molar-refractivity contribution >= 4 is 17.6 Å². The molecule has 9 heteroatoms. The minimum absolute atomic E-state index is 0.230. The summed E-state index contributed by atoms with van der Waals surface area (Å²) < 4.78 is 7.06. The first-order valence-electron chi connectivity index (χ1n) is 11.5. The second kappa shape index (κ2) is 8.46. The molecule has 0 saturated heterocycles. The van der Waals surface area contributed by atoms with Crippen molar-refractivity contribution in [2.45, 2.75) is 18.3 Å². The van der Waals surface area contributed by atoms with Crippen molar-refractivity contribution in [3.63, 3.8) is 0 Å². The first kappa shape index (κ1) is 21.7. The van der Waals surface area contributed by atoms with E-state index < -0.39 is 6.09 Å². The summed E-state index contributed by atoms with van der Waals surface area (Å²) >= 11 is 0. The molecule has 178 valence electrons. The monoisotopic (exact) mass is 478 g/mol. The number of amides is 1. The lowest BCUT2D eigenvalue weighted by molar-refractivity contribution is 0.209. The standard InChI is InChI=1S/C27H22N6O3/c1-36-22-11-7-20(8-12-22)27(13-14-27)24-30-31-25-28-16-23(32-33(24)25)19-4-2-3-18(15-19)17-5-9-21(10-6-17)29-26(34)35/h2-12,15-16,29H,13-14H2,1H3,(H,34,35). The fraction of sp³-hybridized carbons (Fsp3) is 0.148. The normalized spacial score (nSPS) is 13.9. The molecule has 1 aliphatic carbocycles. The van der Waals surface area contributed by atoms with Crippen LogP contribution in [0.2, 0.25) is 0 Å². The molecular formula is C27H22N6O3. The molecule has 9 nitrogen and oxygen atoms in total. The summed E-state index contributed by atoms with van der Waals surface area (Å²) in [5.41, 5.74) is 5.01. The Labute approximate surface area is 206 Å². The highest BCUT2D eigenvalue weighted by Gasteiger charge is 2.50. The van der Waals surface area contributed by atoms with E-state index in [4.69, 9.17) is 14.9 Å². The third-order valence-corrected chi connectivity index (χ3v) is 6.58. The Balaban J connectivity index is 1.35. The maximum Gasteiger partial charge on any atom is 0.409 e. The topological polar surface area (TPSA) is 115 Å². The minimum atomic E-state index is -1.09. The van der Waals surface area contributed by atoms with Crippen molar-refractivity contribution < 1.29 is 14.6 Å². The van der Waals surface area contributed by atoms with E-state index in [0.717, 1.165) is 46.7 Å². The number of methoxy groups -OCH3 is 1. The summed E-state index contributed by atoms with van der Waals surface area (Å²) in [5.74, 6) is 2.07. The van der Waals surface area contributed by atoms with Gasteiger partial charge in [-0.25, -0.2) is 9.78 Å². The van der Waals surface area contributed by atoms with Crippen molar-refractivity contribution in [3.05, 3.63) is 90.4 Å². The molecule has 0 atom stereocenters. The quantitative estimate of drug-likeness (QED) is 0.352. The molecule has 1 fully saturated rings. The van der Waals surface area contributed by atoms with Crippen molar-refractivity contribution in [2.24, 2.45) is 0 Å². The summed E-state index contributed by atoms with van der Waals surface area (Å²) in [7, 11) is 1.66. The predicted molar refractivity (Wildman–Crippen MR) is 134 cm³/mol. The third-order valence-electron chi connectivity index (χ3n) is 6.58. The number of aromatic nitrogens is 5. The molecule has 0 bridgehead atoms. The number of nitrogens with zero attached hydrogens (tertiary/aromatic N) is 5. The smallest absolute Gasteiger partial charge is 0.409 e. The lowest BCUT2D eigenvalue weighted by Crippen LogP contribution is -2.15. The Kier molecular flexibility index (Phi) is 5.10. The van der Waals surface area contributed by atoms with Crippen molar-refractivity contribution in [2.75, 3.05) is 12.4 Å². The summed E-state index contributed by atoms with van der Waals surface area (Å²) in [6.45, 7) is 0. The second-order valence-corrected chi connectivity index (χ2v) is 8.78. The third kappa shape index (κ3) is 3.80. The summed E-state index contributed by atoms with van der Waals surface area (Å²) in [4.78, 5) is 15.4. The molecule has 2 N–H and O–H groups in total. The fourth-order valence-electron chi connectivity index (χ4n) is 4.53. The van der Waals surface area contributed by atoms with Gasteiger partial charge in [0, 0.05) is 11.3 Å². The first-order chi connectivity index (χ1) is 17.6. The predicted octanol–water partition coefficient (Wildman–Crippen LogP) is 5.03. The average Bonchev–Trinajstić information content (AvgIpc) is 3.60. The number of hydrogen-bond donors (Lipinski definition) is 2. The van der Waals surface area contributed by atoms with Crippen LogP contribution in [0.5, 0.6) is 5.75 Å². The molecule has 0 spiro atoms. The molecule has 1 saturated carbocycles. The summed E-state index contributed by atoms with van der Waals surface area (Å²) in [5, 5.41) is 24.9. The van der Waals surface area contributed by atoms with E-state index in [-0.39, 0.29) is 5.41 Å². The van der Waals surface area contributed by atoms with Gasteiger partial charge in [0.1, 0.15) is 11.4 Å². The van der Waals surface area contributed by atoms with Crippen LogP contribution >= 0.6 is 0 Å². The van der Waals surface area contributed by atoms with Gasteiger partial charge in [0.25, 0.3) is 5.78 Å². The van der Waals surface area contributed by atoms with E-state index in [1.807, 2.05) is 48.5 Å². The number of fused-ring (bicyclic) bond motifs is 1. The largest absolute Gasteiger partial charge is 0.497 e. The van der Waals surface area contributed by atoms with Crippen LogP contribution < -0.4 is 10.1 Å². The molecule has 36 heavy (non-hydrogen) atoms. The van der Waals surface area contributed by atoms with Gasteiger partial charge in [0.2, 0.25) is 0 Å². The van der Waals surface area contributed by atoms with Gasteiger partial charge in [-0.15, -0.1) is 10.2 Å². The number of nitrogens with one attached hydrogen (secondary N) is 1. The molecule has 0 unspecified atom stereocenters. The SMILES string of the molecule is COc1ccc(C2(c3nnc4ncc(-c5cccc(-c6ccc(NC(=O)O)cc6)c5)nn34)CC2)cc1. The van der Waals surface area contributed by atoms with Crippen LogP contribution in [0.1, 0.15) is 24.2 Å². The van der Waals surface area contributed by atoms with Crippen molar-refractivity contribution in [1.82, 2.24) is 24.8 Å². The highest BCUT2D eigenvalue weighted by Crippen LogP contribution is 2.52. The summed E-state index contributed by atoms with van der Waals surface area (Å²) in [6.07, 6.45) is 2.55. The van der Waals surface area contributed by atoms with Crippen LogP contribution in [0.15, 0.2) is 79.0 Å². The van der Waals surface area contributed by atoms with Gasteiger partial charge >= 0.3 is 6.09 Å². The highest BCUT2D eigenvalue weighted by atomic mass is 16.5. The molecule has 2 aromatic heterocycles. The Morgan fingerprint density at radius 3 is 2.42 bits per heavy atom. The van der Waals surface area contributed by atoms with E-state index in [1.54, 1.807) is 30.0 Å². The Bertz CT molecular complexity index is 1570. The van der Waals surface area contributed by atoms with Gasteiger partial charge in [-0.05, 0) is 59.9 Å². The van der Waals surface area contributed by atoms with Gasteiger partial charge in [-0.1, -0.05) is 42.5 Å². The van der Waals surface area contributed by atoms with E-state index in [9.17, 15) is 4.79 Å². The number of hydrogen-bond acceptors (Lipinski definition) is 6. The van der Waals surface area contributed by atoms with Crippen LogP contribution in [0.25, 0.3) is 28.2 Å². The maximum atomic E-state index is 10.9. The second-order valence-electron chi connectivity index (χ2n) is 8.78. The van der Waals surface area contributed by atoms with Gasteiger partial charge in [0.15, 0.2) is 5.82 Å².